The summed E-state index contributed by atoms with van der Waals surface area (Å²) < 4.78 is 9.37. The van der Waals surface area contributed by atoms with Gasteiger partial charge in [0.2, 0.25) is 0 Å². The number of imidazole rings is 1. The maximum atomic E-state index is 6.94. The van der Waals surface area contributed by atoms with E-state index in [0.29, 0.717) is 0 Å². The molecule has 0 amide bonds. The first-order valence-corrected chi connectivity index (χ1v) is 21.5. The van der Waals surface area contributed by atoms with E-state index < -0.39 is 0 Å². The Morgan fingerprint density at radius 2 is 1.20 bits per heavy atom. The molecule has 296 valence electrons. The average molecular weight is 781 g/mol. The van der Waals surface area contributed by atoms with Crippen LogP contribution in [0.2, 0.25) is 0 Å². The predicted molar refractivity (Wildman–Crippen MR) is 256 cm³/mol. The fourth-order valence-electron chi connectivity index (χ4n) is 9.73. The molecular weight excluding hydrogens is 729 g/mol. The van der Waals surface area contributed by atoms with Crippen LogP contribution in [0.15, 0.2) is 144 Å². The molecule has 3 heteroatoms. The molecule has 2 aromatic heterocycles. The van der Waals surface area contributed by atoms with Crippen molar-refractivity contribution in [3.05, 3.63) is 167 Å². The molecule has 0 atom stereocenters. The van der Waals surface area contributed by atoms with Crippen LogP contribution in [-0.4, -0.2) is 9.55 Å². The molecule has 0 N–H and O–H groups in total. The molecule has 8 aromatic carbocycles. The number of fused-ring (bicyclic) bond motifs is 7. The highest BCUT2D eigenvalue weighted by atomic mass is 16.3. The van der Waals surface area contributed by atoms with Crippen molar-refractivity contribution in [2.24, 2.45) is 0 Å². The molecule has 0 radical (unpaired) electrons. The monoisotopic (exact) mass is 780 g/mol. The van der Waals surface area contributed by atoms with Crippen LogP contribution in [0.5, 0.6) is 0 Å². The second-order valence-electron chi connectivity index (χ2n) is 18.5. The lowest BCUT2D eigenvalue weighted by Gasteiger charge is -2.25. The Morgan fingerprint density at radius 3 is 1.92 bits per heavy atom. The van der Waals surface area contributed by atoms with Crippen LogP contribution in [-0.2, 0) is 5.41 Å². The summed E-state index contributed by atoms with van der Waals surface area (Å²) in [5, 5.41) is 7.08. The van der Waals surface area contributed by atoms with Crippen LogP contribution in [0.25, 0.3) is 93.8 Å². The van der Waals surface area contributed by atoms with Gasteiger partial charge in [-0.05, 0) is 145 Å². The quantitative estimate of drug-likeness (QED) is 0.157. The third-order valence-electron chi connectivity index (χ3n) is 12.7. The molecule has 3 nitrogen and oxygen atoms in total. The van der Waals surface area contributed by atoms with Gasteiger partial charge in [0, 0.05) is 10.8 Å². The Balaban J connectivity index is 1.16. The number of benzene rings is 8. The summed E-state index contributed by atoms with van der Waals surface area (Å²) in [5.74, 6) is 1.39. The van der Waals surface area contributed by atoms with Crippen molar-refractivity contribution in [1.29, 1.82) is 0 Å². The summed E-state index contributed by atoms with van der Waals surface area (Å²) in [5.41, 5.74) is 17.7. The van der Waals surface area contributed by atoms with Gasteiger partial charge in [0.1, 0.15) is 17.0 Å². The Bertz CT molecular complexity index is 3300. The standard InChI is InChI=1S/C57H52N2O/c1-33(2)46-30-41(42-25-23-38(27-35(42)5)39-24-26-50(36(6)28-39)57(7,8)9)31-47(34(3)4)54(46)59-52-20-13-12-19-51(52)58-56(59)45-18-14-17-44-49-29-40-22-21-37-15-10-11-16-43(37)48(40)32-53(49)60-55(44)45/h10-34H,1-9H3. The van der Waals surface area contributed by atoms with E-state index in [1.807, 2.05) is 0 Å². The van der Waals surface area contributed by atoms with Gasteiger partial charge in [-0.25, -0.2) is 4.98 Å². The van der Waals surface area contributed by atoms with Gasteiger partial charge in [-0.15, -0.1) is 0 Å². The van der Waals surface area contributed by atoms with Crippen molar-refractivity contribution in [2.75, 3.05) is 0 Å². The number of aryl methyl sites for hydroxylation is 2. The number of para-hydroxylation sites is 3. The van der Waals surface area contributed by atoms with Crippen LogP contribution in [0.1, 0.15) is 88.1 Å². The van der Waals surface area contributed by atoms with E-state index in [0.717, 1.165) is 44.4 Å². The van der Waals surface area contributed by atoms with Gasteiger partial charge in [0.15, 0.2) is 0 Å². The number of furan rings is 1. The number of rotatable bonds is 6. The topological polar surface area (TPSA) is 31.0 Å². The van der Waals surface area contributed by atoms with Gasteiger partial charge in [0.05, 0.1) is 22.3 Å². The van der Waals surface area contributed by atoms with Crippen LogP contribution in [0, 0.1) is 13.8 Å². The van der Waals surface area contributed by atoms with Crippen molar-refractivity contribution in [2.45, 2.75) is 79.6 Å². The highest BCUT2D eigenvalue weighted by Crippen LogP contribution is 2.44. The smallest absolute Gasteiger partial charge is 0.149 e. The minimum Gasteiger partial charge on any atom is -0.455 e. The van der Waals surface area contributed by atoms with Crippen molar-refractivity contribution < 1.29 is 4.42 Å². The van der Waals surface area contributed by atoms with Gasteiger partial charge in [-0.2, -0.15) is 0 Å². The molecule has 0 fully saturated rings. The first-order valence-electron chi connectivity index (χ1n) is 21.5. The lowest BCUT2D eigenvalue weighted by Crippen LogP contribution is -2.12. The van der Waals surface area contributed by atoms with Crippen LogP contribution < -0.4 is 0 Å². The Kier molecular flexibility index (Phi) is 8.88. The summed E-state index contributed by atoms with van der Waals surface area (Å²) in [7, 11) is 0. The van der Waals surface area contributed by atoms with E-state index in [9.17, 15) is 0 Å². The Hall–Kier alpha value is -6.45. The second-order valence-corrected chi connectivity index (χ2v) is 18.5. The van der Waals surface area contributed by atoms with E-state index in [1.165, 1.54) is 77.3 Å². The zero-order chi connectivity index (χ0) is 41.6. The molecule has 0 aliphatic carbocycles. The fraction of sp³-hybridized carbons (Fsp3) is 0.211. The highest BCUT2D eigenvalue weighted by molar-refractivity contribution is 6.17. The van der Waals surface area contributed by atoms with Crippen molar-refractivity contribution >= 4 is 54.5 Å². The molecule has 10 rings (SSSR count). The van der Waals surface area contributed by atoms with E-state index in [2.05, 4.69) is 206 Å². The van der Waals surface area contributed by atoms with Crippen LogP contribution in [0.4, 0.5) is 0 Å². The summed E-state index contributed by atoms with van der Waals surface area (Å²) in [4.78, 5) is 5.44. The van der Waals surface area contributed by atoms with Gasteiger partial charge < -0.3 is 4.42 Å². The predicted octanol–water partition coefficient (Wildman–Crippen LogP) is 16.4. The maximum absolute atomic E-state index is 6.94. The van der Waals surface area contributed by atoms with Gasteiger partial charge in [0.25, 0.3) is 0 Å². The van der Waals surface area contributed by atoms with E-state index in [-0.39, 0.29) is 17.3 Å². The van der Waals surface area contributed by atoms with Crippen molar-refractivity contribution in [1.82, 2.24) is 9.55 Å². The Morgan fingerprint density at radius 1 is 0.533 bits per heavy atom. The fourth-order valence-corrected chi connectivity index (χ4v) is 9.73. The minimum atomic E-state index is 0.118. The lowest BCUT2D eigenvalue weighted by molar-refractivity contribution is 0.586. The molecule has 0 bridgehead atoms. The highest BCUT2D eigenvalue weighted by Gasteiger charge is 2.26. The maximum Gasteiger partial charge on any atom is 0.149 e. The molecule has 0 aliphatic heterocycles. The first-order chi connectivity index (χ1) is 28.9. The largest absolute Gasteiger partial charge is 0.455 e. The third-order valence-corrected chi connectivity index (χ3v) is 12.7. The zero-order valence-corrected chi connectivity index (χ0v) is 36.2. The summed E-state index contributed by atoms with van der Waals surface area (Å²) in [6.45, 7) is 20.6. The summed E-state index contributed by atoms with van der Waals surface area (Å²) in [6.07, 6.45) is 0. The van der Waals surface area contributed by atoms with E-state index in [1.54, 1.807) is 0 Å². The van der Waals surface area contributed by atoms with Gasteiger partial charge >= 0.3 is 0 Å². The van der Waals surface area contributed by atoms with Crippen molar-refractivity contribution in [3.63, 3.8) is 0 Å². The van der Waals surface area contributed by atoms with Crippen LogP contribution in [0.3, 0.4) is 0 Å². The number of aromatic nitrogens is 2. The normalized spacial score (nSPS) is 12.4. The summed E-state index contributed by atoms with van der Waals surface area (Å²) >= 11 is 0. The first kappa shape index (κ1) is 37.8. The van der Waals surface area contributed by atoms with Gasteiger partial charge in [-0.3, -0.25) is 4.57 Å². The number of nitrogens with zero attached hydrogens (tertiary/aromatic N) is 2. The zero-order valence-electron chi connectivity index (χ0n) is 36.2. The molecule has 0 unspecified atom stereocenters. The minimum absolute atomic E-state index is 0.118. The molecule has 0 saturated carbocycles. The molecule has 0 spiro atoms. The third kappa shape index (κ3) is 6.13. The summed E-state index contributed by atoms with van der Waals surface area (Å²) in [6, 6.07) is 51.4. The van der Waals surface area contributed by atoms with E-state index >= 15 is 0 Å². The molecule has 2 heterocycles. The molecular formula is C57H52N2O. The SMILES string of the molecule is Cc1cc(-c2ccc(C(C)(C)C)c(C)c2)ccc1-c1cc(C(C)C)c(-n2c(-c3cccc4c3oc3cc5c(ccc6ccccc65)cc34)nc3ccccc32)c(C(C)C)c1. The second kappa shape index (κ2) is 14.1. The molecule has 60 heavy (non-hydrogen) atoms. The number of hydrogen-bond donors (Lipinski definition) is 0. The van der Waals surface area contributed by atoms with E-state index in [4.69, 9.17) is 9.40 Å². The van der Waals surface area contributed by atoms with Crippen LogP contribution >= 0.6 is 0 Å². The molecule has 10 aromatic rings. The molecule has 0 saturated heterocycles. The molecule has 0 aliphatic rings. The number of hydrogen-bond acceptors (Lipinski definition) is 2. The Labute approximate surface area is 353 Å². The lowest BCUT2D eigenvalue weighted by atomic mass is 9.82. The van der Waals surface area contributed by atoms with Gasteiger partial charge in [-0.1, -0.05) is 146 Å². The average Bonchev–Trinajstić information content (AvgIpc) is 3.80. The van der Waals surface area contributed by atoms with Crippen molar-refractivity contribution in [3.8, 4) is 39.3 Å².